The number of urea groups is 1. The number of ether oxygens (including phenoxy) is 1. The van der Waals surface area contributed by atoms with Crippen molar-refractivity contribution in [1.82, 2.24) is 25.1 Å². The third-order valence-corrected chi connectivity index (χ3v) is 5.03. The van der Waals surface area contributed by atoms with E-state index in [2.05, 4.69) is 26.8 Å². The Morgan fingerprint density at radius 2 is 2.11 bits per heavy atom. The van der Waals surface area contributed by atoms with Gasteiger partial charge in [-0.1, -0.05) is 18.2 Å². The minimum Gasteiger partial charge on any atom is -0.497 e. The van der Waals surface area contributed by atoms with E-state index in [1.165, 1.54) is 10.4 Å². The number of nitrogens with zero attached hydrogens (tertiary/aromatic N) is 5. The van der Waals surface area contributed by atoms with Crippen LogP contribution in [0.5, 0.6) is 5.75 Å². The second-order valence-electron chi connectivity index (χ2n) is 6.80. The molecule has 4 rings (SSSR count). The summed E-state index contributed by atoms with van der Waals surface area (Å²) in [4.78, 5) is 16.2. The van der Waals surface area contributed by atoms with Crippen LogP contribution < -0.4 is 10.1 Å². The predicted octanol–water partition coefficient (Wildman–Crippen LogP) is 3.04. The van der Waals surface area contributed by atoms with Crippen LogP contribution in [0.4, 0.5) is 10.5 Å². The predicted molar refractivity (Wildman–Crippen MR) is 105 cm³/mol. The quantitative estimate of drug-likeness (QED) is 0.757. The maximum absolute atomic E-state index is 12.9. The minimum atomic E-state index is -0.134. The monoisotopic (exact) mass is 378 g/mol. The van der Waals surface area contributed by atoms with E-state index in [1.807, 2.05) is 48.2 Å². The van der Waals surface area contributed by atoms with Gasteiger partial charge >= 0.3 is 6.03 Å². The van der Waals surface area contributed by atoms with E-state index in [9.17, 15) is 4.79 Å². The molecule has 2 amide bonds. The molecule has 1 atom stereocenters. The molecule has 0 aliphatic carbocycles. The van der Waals surface area contributed by atoms with Crippen molar-refractivity contribution in [3.05, 3.63) is 53.6 Å². The Morgan fingerprint density at radius 3 is 2.86 bits per heavy atom. The Kier molecular flexibility index (Phi) is 4.68. The number of aryl methyl sites for hydroxylation is 1. The SMILES string of the molecule is COc1ccc2c(c1)[C@H](C)N(C(=O)Nc1cccc(-c3nnn(C)n3)c1)CC2. The number of hydrogen-bond acceptors (Lipinski definition) is 5. The van der Waals surface area contributed by atoms with Gasteiger partial charge in [0.2, 0.25) is 5.82 Å². The third kappa shape index (κ3) is 3.40. The summed E-state index contributed by atoms with van der Waals surface area (Å²) < 4.78 is 5.34. The van der Waals surface area contributed by atoms with Gasteiger partial charge in [0.25, 0.3) is 0 Å². The Bertz CT molecular complexity index is 1020. The molecular formula is C20H22N6O2. The Balaban J connectivity index is 1.52. The van der Waals surface area contributed by atoms with Crippen LogP contribution in [0.15, 0.2) is 42.5 Å². The molecule has 8 heteroatoms. The van der Waals surface area contributed by atoms with Crippen LogP contribution in [-0.4, -0.2) is 44.8 Å². The van der Waals surface area contributed by atoms with Crippen molar-refractivity contribution in [1.29, 1.82) is 0 Å². The first-order chi connectivity index (χ1) is 13.5. The average Bonchev–Trinajstić information content (AvgIpc) is 3.14. The first kappa shape index (κ1) is 18.0. The average molecular weight is 378 g/mol. The zero-order chi connectivity index (χ0) is 19.7. The zero-order valence-electron chi connectivity index (χ0n) is 16.1. The highest BCUT2D eigenvalue weighted by Crippen LogP contribution is 2.32. The molecule has 1 N–H and O–H groups in total. The van der Waals surface area contributed by atoms with Crippen LogP contribution in [0.1, 0.15) is 24.1 Å². The van der Waals surface area contributed by atoms with Gasteiger partial charge in [-0.25, -0.2) is 4.79 Å². The van der Waals surface area contributed by atoms with Crippen molar-refractivity contribution in [2.75, 3.05) is 19.0 Å². The van der Waals surface area contributed by atoms with Gasteiger partial charge in [-0.05, 0) is 54.0 Å². The lowest BCUT2D eigenvalue weighted by Crippen LogP contribution is -2.41. The number of carbonyl (C=O) groups excluding carboxylic acids is 1. The molecular weight excluding hydrogens is 356 g/mol. The normalized spacial score (nSPS) is 15.8. The lowest BCUT2D eigenvalue weighted by molar-refractivity contribution is 0.188. The lowest BCUT2D eigenvalue weighted by Gasteiger charge is -2.35. The number of amides is 2. The summed E-state index contributed by atoms with van der Waals surface area (Å²) in [5, 5.41) is 15.1. The highest BCUT2D eigenvalue weighted by molar-refractivity contribution is 5.90. The fourth-order valence-electron chi connectivity index (χ4n) is 3.53. The molecule has 8 nitrogen and oxygen atoms in total. The molecule has 0 fully saturated rings. The van der Waals surface area contributed by atoms with E-state index >= 15 is 0 Å². The van der Waals surface area contributed by atoms with Gasteiger partial charge in [0.1, 0.15) is 5.75 Å². The van der Waals surface area contributed by atoms with Gasteiger partial charge in [-0.3, -0.25) is 0 Å². The molecule has 3 aromatic rings. The molecule has 0 saturated heterocycles. The van der Waals surface area contributed by atoms with Crippen molar-refractivity contribution < 1.29 is 9.53 Å². The standard InChI is InChI=1S/C20H22N6O2/c1-13-18-12-17(28-3)8-7-14(18)9-10-26(13)20(27)21-16-6-4-5-15(11-16)19-22-24-25(2)23-19/h4-8,11-13H,9-10H2,1-3H3,(H,21,27)/t13-/m0/s1. The summed E-state index contributed by atoms with van der Waals surface area (Å²) in [5.74, 6) is 1.32. The molecule has 0 bridgehead atoms. The number of methoxy groups -OCH3 is 1. The highest BCUT2D eigenvalue weighted by Gasteiger charge is 2.28. The van der Waals surface area contributed by atoms with Gasteiger partial charge in [-0.15, -0.1) is 10.2 Å². The number of benzene rings is 2. The fraction of sp³-hybridized carbons (Fsp3) is 0.300. The molecule has 1 aliphatic rings. The molecule has 2 heterocycles. The molecule has 0 radical (unpaired) electrons. The van der Waals surface area contributed by atoms with Crippen molar-refractivity contribution in [3.8, 4) is 17.1 Å². The molecule has 0 unspecified atom stereocenters. The van der Waals surface area contributed by atoms with Crippen molar-refractivity contribution in [2.24, 2.45) is 7.05 Å². The number of aromatic nitrogens is 4. The van der Waals surface area contributed by atoms with E-state index in [4.69, 9.17) is 4.74 Å². The van der Waals surface area contributed by atoms with E-state index in [1.54, 1.807) is 14.2 Å². The minimum absolute atomic E-state index is 0.0383. The number of rotatable bonds is 3. The highest BCUT2D eigenvalue weighted by atomic mass is 16.5. The summed E-state index contributed by atoms with van der Waals surface area (Å²) in [6.45, 7) is 2.70. The van der Waals surface area contributed by atoms with E-state index in [0.717, 1.165) is 23.3 Å². The molecule has 0 spiro atoms. The first-order valence-corrected chi connectivity index (χ1v) is 9.14. The van der Waals surface area contributed by atoms with E-state index in [-0.39, 0.29) is 12.1 Å². The lowest BCUT2D eigenvalue weighted by atomic mass is 9.93. The van der Waals surface area contributed by atoms with Gasteiger partial charge < -0.3 is 15.0 Å². The van der Waals surface area contributed by atoms with Crippen LogP contribution in [0.3, 0.4) is 0 Å². The summed E-state index contributed by atoms with van der Waals surface area (Å²) in [7, 11) is 3.37. The maximum Gasteiger partial charge on any atom is 0.322 e. The summed E-state index contributed by atoms with van der Waals surface area (Å²) in [6.07, 6.45) is 0.820. The summed E-state index contributed by atoms with van der Waals surface area (Å²) >= 11 is 0. The number of anilines is 1. The molecule has 2 aromatic carbocycles. The summed E-state index contributed by atoms with van der Waals surface area (Å²) in [5.41, 5.74) is 3.87. The second-order valence-corrected chi connectivity index (χ2v) is 6.80. The van der Waals surface area contributed by atoms with Crippen LogP contribution in [0.2, 0.25) is 0 Å². The Labute approximate surface area is 163 Å². The van der Waals surface area contributed by atoms with E-state index < -0.39 is 0 Å². The van der Waals surface area contributed by atoms with E-state index in [0.29, 0.717) is 18.1 Å². The maximum atomic E-state index is 12.9. The van der Waals surface area contributed by atoms with Gasteiger partial charge in [-0.2, -0.15) is 4.80 Å². The Morgan fingerprint density at radius 1 is 1.25 bits per heavy atom. The molecule has 1 aliphatic heterocycles. The van der Waals surface area contributed by atoms with Crippen molar-refractivity contribution in [2.45, 2.75) is 19.4 Å². The number of tetrazole rings is 1. The number of fused-ring (bicyclic) bond motifs is 1. The Hall–Kier alpha value is -3.42. The van der Waals surface area contributed by atoms with Gasteiger partial charge in [0.05, 0.1) is 20.2 Å². The third-order valence-electron chi connectivity index (χ3n) is 5.03. The zero-order valence-corrected chi connectivity index (χ0v) is 16.1. The topological polar surface area (TPSA) is 85.2 Å². The number of nitrogens with one attached hydrogen (secondary N) is 1. The van der Waals surface area contributed by atoms with Crippen LogP contribution in [-0.2, 0) is 13.5 Å². The first-order valence-electron chi connectivity index (χ1n) is 9.14. The summed E-state index contributed by atoms with van der Waals surface area (Å²) in [6, 6.07) is 13.3. The molecule has 144 valence electrons. The second kappa shape index (κ2) is 7.30. The number of carbonyl (C=O) groups is 1. The van der Waals surface area contributed by atoms with Gasteiger partial charge in [0, 0.05) is 17.8 Å². The van der Waals surface area contributed by atoms with Crippen molar-refractivity contribution >= 4 is 11.7 Å². The molecule has 28 heavy (non-hydrogen) atoms. The van der Waals surface area contributed by atoms with Gasteiger partial charge in [0.15, 0.2) is 0 Å². The van der Waals surface area contributed by atoms with Crippen molar-refractivity contribution in [3.63, 3.8) is 0 Å². The van der Waals surface area contributed by atoms with Crippen LogP contribution in [0, 0.1) is 0 Å². The van der Waals surface area contributed by atoms with Crippen LogP contribution in [0.25, 0.3) is 11.4 Å². The fourth-order valence-corrected chi connectivity index (χ4v) is 3.53. The largest absolute Gasteiger partial charge is 0.497 e. The molecule has 0 saturated carbocycles. The van der Waals surface area contributed by atoms with Crippen LogP contribution >= 0.6 is 0 Å². The number of hydrogen-bond donors (Lipinski definition) is 1. The smallest absolute Gasteiger partial charge is 0.322 e. The molecule has 1 aromatic heterocycles.